The van der Waals surface area contributed by atoms with Crippen molar-refractivity contribution in [2.24, 2.45) is 0 Å². The summed E-state index contributed by atoms with van der Waals surface area (Å²) in [6.45, 7) is 2.11. The second-order valence-electron chi connectivity index (χ2n) is 10.2. The zero-order chi connectivity index (χ0) is 31.3. The lowest BCUT2D eigenvalue weighted by Gasteiger charge is -2.16. The number of carbonyl (C=O) groups excluding carboxylic acids is 2. The number of esters is 2. The number of methoxy groups -OCH3 is 3. The molecule has 44 heavy (non-hydrogen) atoms. The van der Waals surface area contributed by atoms with Crippen molar-refractivity contribution in [3.63, 3.8) is 0 Å². The van der Waals surface area contributed by atoms with Gasteiger partial charge >= 0.3 is 11.9 Å². The third-order valence-corrected chi connectivity index (χ3v) is 7.15. The van der Waals surface area contributed by atoms with Crippen LogP contribution in [0.25, 0.3) is 33.7 Å². The minimum absolute atomic E-state index is 0.297. The molecule has 4 aromatic carbocycles. The zero-order valence-corrected chi connectivity index (χ0v) is 25.7. The molecule has 0 fully saturated rings. The fourth-order valence-electron chi connectivity index (χ4n) is 4.96. The molecule has 0 aliphatic heterocycles. The van der Waals surface area contributed by atoms with E-state index in [2.05, 4.69) is 35.2 Å². The summed E-state index contributed by atoms with van der Waals surface area (Å²) in [5.74, 6) is 0.696. The second-order valence-corrected chi connectivity index (χ2v) is 10.2. The van der Waals surface area contributed by atoms with E-state index in [1.165, 1.54) is 33.5 Å². The maximum absolute atomic E-state index is 12.4. The molecule has 0 atom stereocenters. The van der Waals surface area contributed by atoms with E-state index in [9.17, 15) is 9.59 Å². The molecule has 0 aliphatic rings. The zero-order valence-electron chi connectivity index (χ0n) is 25.7. The Morgan fingerprint density at radius 3 is 1.68 bits per heavy atom. The summed E-state index contributed by atoms with van der Waals surface area (Å²) in [5, 5.41) is 4.45. The first-order valence-electron chi connectivity index (χ1n) is 14.5. The topological polar surface area (TPSA) is 83.5 Å². The molecule has 0 saturated carbocycles. The molecule has 0 heterocycles. The van der Waals surface area contributed by atoms with Gasteiger partial charge in [-0.05, 0) is 82.9 Å². The van der Waals surface area contributed by atoms with Crippen molar-refractivity contribution < 1.29 is 33.3 Å². The van der Waals surface area contributed by atoms with Crippen LogP contribution in [0.1, 0.15) is 24.0 Å². The largest absolute Gasteiger partial charge is 0.493 e. The van der Waals surface area contributed by atoms with Crippen LogP contribution in [0.2, 0.25) is 0 Å². The van der Waals surface area contributed by atoms with E-state index in [1.807, 2.05) is 37.4 Å². The lowest BCUT2D eigenvalue weighted by atomic mass is 9.96. The van der Waals surface area contributed by atoms with Crippen LogP contribution in [0.4, 0.5) is 0 Å². The summed E-state index contributed by atoms with van der Waals surface area (Å²) in [5.41, 5.74) is 1.72. The summed E-state index contributed by atoms with van der Waals surface area (Å²) < 4.78 is 26.8. The highest BCUT2D eigenvalue weighted by molar-refractivity contribution is 6.08. The highest BCUT2D eigenvalue weighted by Gasteiger charge is 2.12. The molecular formula is C36H39NO7. The van der Waals surface area contributed by atoms with Gasteiger partial charge in [0.15, 0.2) is 11.5 Å². The summed E-state index contributed by atoms with van der Waals surface area (Å²) in [6.07, 6.45) is 7.74. The molecule has 8 nitrogen and oxygen atoms in total. The number of rotatable bonds is 15. The van der Waals surface area contributed by atoms with Gasteiger partial charge in [0.25, 0.3) is 0 Å². The highest BCUT2D eigenvalue weighted by Crippen LogP contribution is 2.38. The fourth-order valence-corrected chi connectivity index (χ4v) is 4.96. The van der Waals surface area contributed by atoms with E-state index in [1.54, 1.807) is 18.2 Å². The second kappa shape index (κ2) is 16.1. The molecule has 0 bridgehead atoms. The van der Waals surface area contributed by atoms with Gasteiger partial charge in [0.1, 0.15) is 0 Å². The van der Waals surface area contributed by atoms with E-state index in [0.717, 1.165) is 45.8 Å². The maximum Gasteiger partial charge on any atom is 0.330 e. The van der Waals surface area contributed by atoms with Gasteiger partial charge in [-0.15, -0.1) is 0 Å². The van der Waals surface area contributed by atoms with Gasteiger partial charge in [0.2, 0.25) is 5.75 Å². The highest BCUT2D eigenvalue weighted by atomic mass is 16.5. The first-order chi connectivity index (χ1) is 21.4. The first-order valence-corrected chi connectivity index (χ1v) is 14.5. The number of ether oxygens (including phenoxy) is 5. The van der Waals surface area contributed by atoms with Crippen LogP contribution in [0.15, 0.2) is 78.9 Å². The van der Waals surface area contributed by atoms with Crippen LogP contribution in [-0.4, -0.2) is 71.5 Å². The van der Waals surface area contributed by atoms with Crippen molar-refractivity contribution >= 4 is 45.6 Å². The van der Waals surface area contributed by atoms with Crippen molar-refractivity contribution in [3.8, 4) is 17.2 Å². The Bertz CT molecular complexity index is 1560. The number of nitrogens with zero attached hydrogens (tertiary/aromatic N) is 1. The Kier molecular flexibility index (Phi) is 11.8. The normalized spacial score (nSPS) is 11.5. The van der Waals surface area contributed by atoms with Gasteiger partial charge in [-0.1, -0.05) is 48.5 Å². The third kappa shape index (κ3) is 8.61. The van der Waals surface area contributed by atoms with Crippen LogP contribution in [0.3, 0.4) is 0 Å². The van der Waals surface area contributed by atoms with Gasteiger partial charge in [-0.3, -0.25) is 0 Å². The molecule has 0 aromatic heterocycles. The van der Waals surface area contributed by atoms with E-state index in [0.29, 0.717) is 43.3 Å². The summed E-state index contributed by atoms with van der Waals surface area (Å²) >= 11 is 0. The Balaban J connectivity index is 1.15. The van der Waals surface area contributed by atoms with Crippen molar-refractivity contribution in [1.29, 1.82) is 0 Å². The van der Waals surface area contributed by atoms with E-state index in [-0.39, 0.29) is 5.97 Å². The lowest BCUT2D eigenvalue weighted by Crippen LogP contribution is -2.23. The number of hydrogen-bond acceptors (Lipinski definition) is 8. The predicted molar refractivity (Wildman–Crippen MR) is 174 cm³/mol. The summed E-state index contributed by atoms with van der Waals surface area (Å²) in [4.78, 5) is 26.7. The molecule has 230 valence electrons. The van der Waals surface area contributed by atoms with Crippen molar-refractivity contribution in [2.75, 3.05) is 54.7 Å². The van der Waals surface area contributed by atoms with E-state index >= 15 is 0 Å². The Hall–Kier alpha value is -4.82. The quantitative estimate of drug-likeness (QED) is 0.0661. The monoisotopic (exact) mass is 597 g/mol. The predicted octanol–water partition coefficient (Wildman–Crippen LogP) is 6.54. The molecular weight excluding hydrogens is 558 g/mol. The summed E-state index contributed by atoms with van der Waals surface area (Å²) in [7, 11) is 6.60. The van der Waals surface area contributed by atoms with Crippen molar-refractivity contribution in [1.82, 2.24) is 4.90 Å². The number of carbonyl (C=O) groups is 2. The lowest BCUT2D eigenvalue weighted by molar-refractivity contribution is -0.138. The van der Waals surface area contributed by atoms with Gasteiger partial charge < -0.3 is 28.6 Å². The molecule has 0 aliphatic carbocycles. The average molecular weight is 598 g/mol. The first kappa shape index (κ1) is 32.1. The van der Waals surface area contributed by atoms with Gasteiger partial charge in [-0.25, -0.2) is 9.59 Å². The van der Waals surface area contributed by atoms with Crippen LogP contribution >= 0.6 is 0 Å². The molecule has 0 amide bonds. The number of fused-ring (bicyclic) bond motifs is 2. The van der Waals surface area contributed by atoms with Crippen molar-refractivity contribution in [2.45, 2.75) is 12.8 Å². The number of benzene rings is 4. The molecule has 4 rings (SSSR count). The molecule has 0 saturated heterocycles. The van der Waals surface area contributed by atoms with Gasteiger partial charge in [0.05, 0.1) is 34.5 Å². The third-order valence-electron chi connectivity index (χ3n) is 7.15. The van der Waals surface area contributed by atoms with Crippen molar-refractivity contribution in [3.05, 3.63) is 90.0 Å². The molecule has 8 heteroatoms. The Labute approximate surface area is 258 Å². The SMILES string of the molecule is COc1cc(/C=C/C(=O)OCCCN(C)CCCOC(=O)/C=C/c2c3ccccc3cc3ccccc23)cc(OC)c1OC. The van der Waals surface area contributed by atoms with Crippen LogP contribution < -0.4 is 14.2 Å². The molecule has 4 aromatic rings. The minimum Gasteiger partial charge on any atom is -0.493 e. The maximum atomic E-state index is 12.4. The molecule has 0 radical (unpaired) electrons. The standard InChI is InChI=1S/C36H39NO7/c1-37(19-9-21-43-34(38)17-15-26-23-32(40-2)36(42-4)33(24-26)41-3)20-10-22-44-35(39)18-16-31-29-13-7-5-11-27(29)25-28-12-6-8-14-30(28)31/h5-8,11-18,23-25H,9-10,19-22H2,1-4H3/b17-15+,18-16+. The van der Waals surface area contributed by atoms with E-state index in [4.69, 9.17) is 23.7 Å². The minimum atomic E-state index is -0.433. The molecule has 0 spiro atoms. The fraction of sp³-hybridized carbons (Fsp3) is 0.278. The summed E-state index contributed by atoms with van der Waals surface area (Å²) in [6, 6.07) is 22.0. The van der Waals surface area contributed by atoms with Gasteiger partial charge in [0, 0.05) is 25.2 Å². The Morgan fingerprint density at radius 2 is 1.18 bits per heavy atom. The van der Waals surface area contributed by atoms with Gasteiger partial charge in [-0.2, -0.15) is 0 Å². The molecule has 0 unspecified atom stereocenters. The Morgan fingerprint density at radius 1 is 0.682 bits per heavy atom. The molecule has 0 N–H and O–H groups in total. The van der Waals surface area contributed by atoms with E-state index < -0.39 is 5.97 Å². The smallest absolute Gasteiger partial charge is 0.330 e. The van der Waals surface area contributed by atoms with Crippen LogP contribution in [0.5, 0.6) is 17.2 Å². The number of hydrogen-bond donors (Lipinski definition) is 0. The average Bonchev–Trinajstić information content (AvgIpc) is 3.05. The van der Waals surface area contributed by atoms with Crippen LogP contribution in [-0.2, 0) is 19.1 Å². The van der Waals surface area contributed by atoms with Crippen LogP contribution in [0, 0.1) is 0 Å².